The highest BCUT2D eigenvalue weighted by Gasteiger charge is 2.74. The number of ketones is 1. The molecule has 5 atom stereocenters. The number of carbonyl (C=O) groups excluding carboxylic acids is 1. The van der Waals surface area contributed by atoms with Crippen LogP contribution in [-0.2, 0) is 11.2 Å². The lowest BCUT2D eigenvalue weighted by molar-refractivity contribution is -0.128. The molecule has 0 saturated heterocycles. The van der Waals surface area contributed by atoms with Crippen LogP contribution >= 0.6 is 11.3 Å². The molecule has 3 aromatic heterocycles. The number of nitrogens with zero attached hydrogens (tertiary/aromatic N) is 4. The van der Waals surface area contributed by atoms with Gasteiger partial charge in [0.15, 0.2) is 17.0 Å². The van der Waals surface area contributed by atoms with Gasteiger partial charge in [-0.05, 0) is 62.1 Å². The van der Waals surface area contributed by atoms with E-state index in [2.05, 4.69) is 39.3 Å². The Hall–Kier alpha value is -3.58. The van der Waals surface area contributed by atoms with Crippen molar-refractivity contribution in [2.24, 2.45) is 11.3 Å². The first-order valence-electron chi connectivity index (χ1n) is 12.4. The summed E-state index contributed by atoms with van der Waals surface area (Å²) in [6.07, 6.45) is 0.774. The largest absolute Gasteiger partial charge is 0.389 e. The van der Waals surface area contributed by atoms with E-state index in [1.54, 1.807) is 22.2 Å². The molecule has 2 aliphatic carbocycles. The molecule has 4 aromatic rings. The van der Waals surface area contributed by atoms with Gasteiger partial charge in [0.1, 0.15) is 11.9 Å². The van der Waals surface area contributed by atoms with Gasteiger partial charge in [-0.3, -0.25) is 4.79 Å². The average Bonchev–Trinajstić information content (AvgIpc) is 3.14. The predicted molar refractivity (Wildman–Crippen MR) is 141 cm³/mol. The Labute approximate surface area is 218 Å². The molecule has 2 aliphatic rings. The van der Waals surface area contributed by atoms with Crippen LogP contribution in [0.3, 0.4) is 0 Å². The van der Waals surface area contributed by atoms with E-state index in [-0.39, 0.29) is 11.7 Å². The van der Waals surface area contributed by atoms with E-state index in [4.69, 9.17) is 4.98 Å². The molecule has 2 unspecified atom stereocenters. The predicted octanol–water partition coefficient (Wildman–Crippen LogP) is 3.12. The Morgan fingerprint density at radius 3 is 2.70 bits per heavy atom. The van der Waals surface area contributed by atoms with Gasteiger partial charge in [-0.15, -0.1) is 11.3 Å². The molecule has 1 aromatic carbocycles. The van der Waals surface area contributed by atoms with Crippen LogP contribution in [0.2, 0.25) is 0 Å². The SMILES string of the molecule is CC(=O)[C@@]12CC1[C@@H](n1cnc3c(NCCc4ccccc4)nc(C#Cc4ccc(C)s4)nc31)[C@H](O)C2O. The topological polar surface area (TPSA) is 113 Å². The number of anilines is 1. The van der Waals surface area contributed by atoms with E-state index in [0.717, 1.165) is 11.3 Å². The van der Waals surface area contributed by atoms with Crippen LogP contribution in [-0.4, -0.2) is 54.3 Å². The zero-order valence-corrected chi connectivity index (χ0v) is 21.4. The fraction of sp³-hybridized carbons (Fsp3) is 0.357. The lowest BCUT2D eigenvalue weighted by Gasteiger charge is -2.23. The van der Waals surface area contributed by atoms with E-state index in [1.807, 2.05) is 37.3 Å². The fourth-order valence-corrected chi connectivity index (χ4v) is 6.40. The first-order valence-corrected chi connectivity index (χ1v) is 13.2. The zero-order chi connectivity index (χ0) is 25.7. The van der Waals surface area contributed by atoms with E-state index in [0.29, 0.717) is 35.8 Å². The van der Waals surface area contributed by atoms with Crippen molar-refractivity contribution in [1.29, 1.82) is 0 Å². The van der Waals surface area contributed by atoms with E-state index in [9.17, 15) is 15.0 Å². The van der Waals surface area contributed by atoms with Crippen molar-refractivity contribution in [2.45, 2.75) is 44.9 Å². The van der Waals surface area contributed by atoms with Gasteiger partial charge < -0.3 is 20.1 Å². The normalized spacial score (nSPS) is 25.9. The van der Waals surface area contributed by atoms with Gasteiger partial charge in [0, 0.05) is 11.4 Å². The highest BCUT2D eigenvalue weighted by molar-refractivity contribution is 7.12. The van der Waals surface area contributed by atoms with Crippen molar-refractivity contribution in [3.63, 3.8) is 0 Å². The molecule has 0 bridgehead atoms. The summed E-state index contributed by atoms with van der Waals surface area (Å²) < 4.78 is 1.79. The van der Waals surface area contributed by atoms with Crippen LogP contribution in [0, 0.1) is 30.1 Å². The Morgan fingerprint density at radius 2 is 2.00 bits per heavy atom. The number of aliphatic hydroxyl groups is 2. The number of imidazole rings is 1. The molecule has 0 aliphatic heterocycles. The third-order valence-corrected chi connectivity index (χ3v) is 8.57. The fourth-order valence-electron chi connectivity index (χ4n) is 5.67. The Bertz CT molecular complexity index is 1550. The standard InChI is InChI=1S/C28H27N5O3S/c1-16-8-9-19(37-16)10-11-21-31-26(29-13-12-18-6-4-3-5-7-18)22-27(32-21)33(15-30-22)23-20-14-28(20,17(2)34)25(36)24(23)35/h3-9,15,20,23-25,35-36H,12-14H2,1-2H3,(H,29,31,32)/t20?,23-,24+,25?,28+/m1/s1. The summed E-state index contributed by atoms with van der Waals surface area (Å²) in [6.45, 7) is 4.16. The van der Waals surface area contributed by atoms with Gasteiger partial charge in [-0.1, -0.05) is 30.3 Å². The smallest absolute Gasteiger partial charge is 0.209 e. The maximum absolute atomic E-state index is 12.4. The number of aromatic nitrogens is 4. The number of benzene rings is 1. The number of nitrogens with one attached hydrogen (secondary N) is 1. The molecule has 37 heavy (non-hydrogen) atoms. The van der Waals surface area contributed by atoms with E-state index < -0.39 is 23.7 Å². The van der Waals surface area contributed by atoms with Gasteiger partial charge in [0.25, 0.3) is 0 Å². The quantitative estimate of drug-likeness (QED) is 0.340. The number of rotatable bonds is 6. The molecular formula is C28H27N5O3S. The molecule has 0 radical (unpaired) electrons. The highest BCUT2D eigenvalue weighted by atomic mass is 32.1. The molecule has 8 nitrogen and oxygen atoms in total. The maximum atomic E-state index is 12.4. The van der Waals surface area contributed by atoms with Crippen molar-refractivity contribution >= 4 is 34.1 Å². The zero-order valence-electron chi connectivity index (χ0n) is 20.5. The van der Waals surface area contributed by atoms with E-state index in [1.165, 1.54) is 17.4 Å². The number of Topliss-reactive ketones (excluding diaryl/α,β-unsaturated/α-hetero) is 1. The number of hydrogen-bond donors (Lipinski definition) is 3. The summed E-state index contributed by atoms with van der Waals surface area (Å²) in [6, 6.07) is 13.7. The van der Waals surface area contributed by atoms with Crippen LogP contribution < -0.4 is 5.32 Å². The van der Waals surface area contributed by atoms with Crippen LogP contribution in [0.4, 0.5) is 5.82 Å². The molecule has 6 rings (SSSR count). The van der Waals surface area contributed by atoms with Gasteiger partial charge >= 0.3 is 0 Å². The highest BCUT2D eigenvalue weighted by Crippen LogP contribution is 2.68. The summed E-state index contributed by atoms with van der Waals surface area (Å²) in [5, 5.41) is 25.1. The summed E-state index contributed by atoms with van der Waals surface area (Å²) in [5.74, 6) is 6.87. The lowest BCUT2D eigenvalue weighted by atomic mass is 9.95. The molecule has 2 saturated carbocycles. The minimum atomic E-state index is -1.11. The van der Waals surface area contributed by atoms with Gasteiger partial charge in [-0.2, -0.15) is 0 Å². The van der Waals surface area contributed by atoms with Crippen molar-refractivity contribution in [1.82, 2.24) is 19.5 Å². The number of fused-ring (bicyclic) bond motifs is 2. The number of hydrogen-bond acceptors (Lipinski definition) is 8. The van der Waals surface area contributed by atoms with Crippen molar-refractivity contribution < 1.29 is 15.0 Å². The Morgan fingerprint density at radius 1 is 1.19 bits per heavy atom. The average molecular weight is 514 g/mol. The van der Waals surface area contributed by atoms with E-state index >= 15 is 0 Å². The third kappa shape index (κ3) is 4.02. The lowest BCUT2D eigenvalue weighted by Crippen LogP contribution is -2.36. The minimum Gasteiger partial charge on any atom is -0.389 e. The summed E-state index contributed by atoms with van der Waals surface area (Å²) in [5.41, 5.74) is 1.40. The van der Waals surface area contributed by atoms with Crippen LogP contribution in [0.1, 0.15) is 40.5 Å². The van der Waals surface area contributed by atoms with Gasteiger partial charge in [0.2, 0.25) is 5.82 Å². The molecule has 0 spiro atoms. The summed E-state index contributed by atoms with van der Waals surface area (Å²) in [4.78, 5) is 28.4. The maximum Gasteiger partial charge on any atom is 0.209 e. The second kappa shape index (κ2) is 9.06. The number of aliphatic hydroxyl groups excluding tert-OH is 2. The third-order valence-electron chi connectivity index (χ3n) is 7.66. The first kappa shape index (κ1) is 23.8. The molecule has 3 heterocycles. The van der Waals surface area contributed by atoms with Crippen molar-refractivity contribution in [3.05, 3.63) is 69.9 Å². The Kier molecular flexibility index (Phi) is 5.83. The summed E-state index contributed by atoms with van der Waals surface area (Å²) >= 11 is 1.60. The summed E-state index contributed by atoms with van der Waals surface area (Å²) in [7, 11) is 0. The van der Waals surface area contributed by atoms with Gasteiger partial charge in [0.05, 0.1) is 28.8 Å². The number of aryl methyl sites for hydroxylation is 1. The second-order valence-corrected chi connectivity index (χ2v) is 11.2. The monoisotopic (exact) mass is 513 g/mol. The molecule has 2 fully saturated rings. The van der Waals surface area contributed by atoms with Crippen LogP contribution in [0.5, 0.6) is 0 Å². The van der Waals surface area contributed by atoms with Gasteiger partial charge in [-0.25, -0.2) is 15.0 Å². The minimum absolute atomic E-state index is 0.0911. The van der Waals surface area contributed by atoms with Crippen molar-refractivity contribution in [2.75, 3.05) is 11.9 Å². The number of thiophene rings is 1. The van der Waals surface area contributed by atoms with Crippen LogP contribution in [0.15, 0.2) is 48.8 Å². The second-order valence-electron chi connectivity index (χ2n) is 9.88. The first-order chi connectivity index (χ1) is 17.9. The molecule has 3 N–H and O–H groups in total. The molecule has 9 heteroatoms. The molecule has 0 amide bonds. The molecule has 188 valence electrons. The van der Waals surface area contributed by atoms with Crippen molar-refractivity contribution in [3.8, 4) is 11.8 Å². The molecular weight excluding hydrogens is 486 g/mol. The number of carbonyl (C=O) groups is 1. The Balaban J connectivity index is 1.38. The van der Waals surface area contributed by atoms with Crippen LogP contribution in [0.25, 0.3) is 11.2 Å².